The summed E-state index contributed by atoms with van der Waals surface area (Å²) in [7, 11) is -3.98. The van der Waals surface area contributed by atoms with Gasteiger partial charge in [0.1, 0.15) is 0 Å². The number of ether oxygens (including phenoxy) is 1. The highest BCUT2D eigenvalue weighted by Gasteiger charge is 2.44. The molecule has 3 atom stereocenters. The first-order chi connectivity index (χ1) is 19.8. The zero-order valence-corrected chi connectivity index (χ0v) is 23.4. The van der Waals surface area contributed by atoms with Crippen LogP contribution in [0.15, 0.2) is 108 Å². The molecule has 2 aliphatic rings. The molecule has 0 saturated carbocycles. The van der Waals surface area contributed by atoms with Gasteiger partial charge in [0.05, 0.1) is 40.9 Å². The molecule has 6 rings (SSSR count). The van der Waals surface area contributed by atoms with Crippen molar-refractivity contribution in [2.45, 2.75) is 36.4 Å². The van der Waals surface area contributed by atoms with E-state index >= 15 is 0 Å². The van der Waals surface area contributed by atoms with Gasteiger partial charge in [0.25, 0.3) is 0 Å². The lowest BCUT2D eigenvalue weighted by molar-refractivity contribution is -0.133. The first-order valence-electron chi connectivity index (χ1n) is 13.5. The second-order valence-electron chi connectivity index (χ2n) is 10.5. The minimum Gasteiger partial charge on any atom is -0.453 e. The molecule has 1 fully saturated rings. The second-order valence-corrected chi connectivity index (χ2v) is 12.2. The van der Waals surface area contributed by atoms with Crippen LogP contribution in [-0.4, -0.2) is 55.6 Å². The van der Waals surface area contributed by atoms with Gasteiger partial charge in [-0.25, -0.2) is 13.1 Å². The fraction of sp³-hybridized carbons (Fsp3) is 0.219. The molecule has 0 radical (unpaired) electrons. The number of nitrogens with zero attached hydrogens (tertiary/aromatic N) is 2. The molecule has 2 N–H and O–H groups in total. The van der Waals surface area contributed by atoms with Crippen molar-refractivity contribution in [1.82, 2.24) is 9.62 Å². The normalized spacial score (nSPS) is 20.1. The summed E-state index contributed by atoms with van der Waals surface area (Å²) in [4.78, 5) is 17.3. The molecule has 0 unspecified atom stereocenters. The molecular weight excluding hydrogens is 538 g/mol. The number of piperidine rings is 1. The van der Waals surface area contributed by atoms with Gasteiger partial charge in [0, 0.05) is 13.1 Å². The summed E-state index contributed by atoms with van der Waals surface area (Å²) in [6.07, 6.45) is -0.979. The van der Waals surface area contributed by atoms with Crippen molar-refractivity contribution >= 4 is 27.3 Å². The number of para-hydroxylation sites is 4. The van der Waals surface area contributed by atoms with Crippen LogP contribution < -0.4 is 14.4 Å². The van der Waals surface area contributed by atoms with Crippen molar-refractivity contribution in [2.24, 2.45) is 0 Å². The van der Waals surface area contributed by atoms with Gasteiger partial charge in [0.2, 0.25) is 15.9 Å². The molecule has 0 spiro atoms. The zero-order valence-electron chi connectivity index (χ0n) is 22.6. The number of sulfonamides is 1. The van der Waals surface area contributed by atoms with E-state index in [1.165, 1.54) is 12.1 Å². The van der Waals surface area contributed by atoms with Gasteiger partial charge in [-0.1, -0.05) is 72.3 Å². The molecule has 1 saturated heterocycles. The molecule has 2 heterocycles. The van der Waals surface area contributed by atoms with Crippen LogP contribution >= 0.6 is 0 Å². The van der Waals surface area contributed by atoms with Crippen molar-refractivity contribution in [3.63, 3.8) is 0 Å². The number of benzene rings is 4. The number of rotatable bonds is 6. The molecule has 2 aliphatic heterocycles. The molecule has 4 aromatic rings. The van der Waals surface area contributed by atoms with Gasteiger partial charge in [-0.15, -0.1) is 0 Å². The third-order valence-corrected chi connectivity index (χ3v) is 9.13. The Balaban J connectivity index is 1.38. The number of aryl methyl sites for hydroxylation is 1. The Morgan fingerprint density at radius 2 is 1.44 bits per heavy atom. The first-order valence-corrected chi connectivity index (χ1v) is 15.0. The van der Waals surface area contributed by atoms with Gasteiger partial charge in [-0.2, -0.15) is 0 Å². The highest BCUT2D eigenvalue weighted by atomic mass is 32.2. The Bertz CT molecular complexity index is 1620. The van der Waals surface area contributed by atoms with Gasteiger partial charge in [-0.05, 0) is 48.9 Å². The topological polar surface area (TPSA) is 99.2 Å². The van der Waals surface area contributed by atoms with Crippen LogP contribution in [0, 0.1) is 6.92 Å². The van der Waals surface area contributed by atoms with Gasteiger partial charge in [-0.3, -0.25) is 4.79 Å². The molecule has 0 aliphatic carbocycles. The number of likely N-dealkylation sites (tertiary alicyclic amines) is 1. The molecule has 210 valence electrons. The van der Waals surface area contributed by atoms with E-state index in [4.69, 9.17) is 4.74 Å². The number of nitrogens with one attached hydrogen (secondary N) is 1. The third kappa shape index (κ3) is 5.44. The van der Waals surface area contributed by atoms with Crippen LogP contribution in [0.4, 0.5) is 11.4 Å². The zero-order chi connectivity index (χ0) is 28.6. The molecule has 9 heteroatoms. The minimum absolute atomic E-state index is 0.0298. The van der Waals surface area contributed by atoms with Crippen molar-refractivity contribution in [3.8, 4) is 11.5 Å². The van der Waals surface area contributed by atoms with Crippen molar-refractivity contribution in [3.05, 3.63) is 114 Å². The highest BCUT2D eigenvalue weighted by Crippen LogP contribution is 2.48. The second kappa shape index (κ2) is 11.0. The summed E-state index contributed by atoms with van der Waals surface area (Å²) in [6, 6.07) is 29.3. The van der Waals surface area contributed by atoms with Crippen LogP contribution in [0.25, 0.3) is 0 Å². The lowest BCUT2D eigenvalue weighted by Crippen LogP contribution is -2.66. The number of hydrogen-bond acceptors (Lipinski definition) is 6. The van der Waals surface area contributed by atoms with Gasteiger partial charge in [0.15, 0.2) is 11.5 Å². The number of aliphatic hydroxyl groups is 1. The summed E-state index contributed by atoms with van der Waals surface area (Å²) in [5.74, 6) is 1.08. The summed E-state index contributed by atoms with van der Waals surface area (Å²) in [5.41, 5.74) is 3.25. The van der Waals surface area contributed by atoms with Crippen LogP contribution in [-0.2, 0) is 21.2 Å². The molecular formula is C32H31N3O5S. The van der Waals surface area contributed by atoms with Gasteiger partial charge >= 0.3 is 0 Å². The average Bonchev–Trinajstić information content (AvgIpc) is 2.98. The fourth-order valence-corrected chi connectivity index (χ4v) is 6.77. The quantitative estimate of drug-likeness (QED) is 0.357. The molecule has 8 nitrogen and oxygen atoms in total. The monoisotopic (exact) mass is 569 g/mol. The van der Waals surface area contributed by atoms with Crippen LogP contribution in [0.2, 0.25) is 0 Å². The van der Waals surface area contributed by atoms with Crippen molar-refractivity contribution < 1.29 is 23.1 Å². The highest BCUT2D eigenvalue weighted by molar-refractivity contribution is 7.89. The Morgan fingerprint density at radius 1 is 0.854 bits per heavy atom. The van der Waals surface area contributed by atoms with E-state index in [0.29, 0.717) is 11.5 Å². The van der Waals surface area contributed by atoms with E-state index in [9.17, 15) is 18.3 Å². The number of aliphatic hydroxyl groups excluding tert-OH is 1. The summed E-state index contributed by atoms with van der Waals surface area (Å²) in [5, 5.41) is 11.8. The number of hydrogen-bond donors (Lipinski definition) is 2. The van der Waals surface area contributed by atoms with Crippen LogP contribution in [0.3, 0.4) is 0 Å². The summed E-state index contributed by atoms with van der Waals surface area (Å²) >= 11 is 0. The SMILES string of the molecule is Cc1ccc(S(=O)(=O)N[C@@H]2CN(C(=O)Cc3ccccc3)C[C@H](N3c4ccccc4Oc4ccccc43)[C@H]2O)cc1. The summed E-state index contributed by atoms with van der Waals surface area (Å²) < 4.78 is 35.8. The third-order valence-electron chi connectivity index (χ3n) is 7.62. The predicted molar refractivity (Wildman–Crippen MR) is 157 cm³/mol. The lowest BCUT2D eigenvalue weighted by Gasteiger charge is -2.48. The maximum absolute atomic E-state index is 13.6. The molecule has 4 aromatic carbocycles. The van der Waals surface area contributed by atoms with Crippen LogP contribution in [0.5, 0.6) is 11.5 Å². The standard InChI is InChI=1S/C32H31N3O5S/c1-22-15-17-24(18-16-22)41(38,39)33-25-20-34(31(36)19-23-9-3-2-4-10-23)21-28(32(25)37)35-26-11-5-7-13-29(26)40-30-14-8-6-12-27(30)35/h2-18,25,28,32-33,37H,19-21H2,1H3/t25-,28+,32+/m1/s1. The van der Waals surface area contributed by atoms with E-state index in [1.807, 2.05) is 90.7 Å². The van der Waals surface area contributed by atoms with E-state index < -0.39 is 28.2 Å². The van der Waals surface area contributed by atoms with Crippen molar-refractivity contribution in [2.75, 3.05) is 18.0 Å². The Morgan fingerprint density at radius 3 is 2.07 bits per heavy atom. The Labute approximate surface area is 239 Å². The molecule has 0 aromatic heterocycles. The molecule has 1 amide bonds. The van der Waals surface area contributed by atoms with Gasteiger partial charge < -0.3 is 19.6 Å². The maximum Gasteiger partial charge on any atom is 0.240 e. The predicted octanol–water partition coefficient (Wildman–Crippen LogP) is 4.40. The number of carbonyl (C=O) groups excluding carboxylic acids is 1. The first kappa shape index (κ1) is 27.0. The largest absolute Gasteiger partial charge is 0.453 e. The molecule has 0 bridgehead atoms. The average molecular weight is 570 g/mol. The fourth-order valence-electron chi connectivity index (χ4n) is 5.52. The van der Waals surface area contributed by atoms with E-state index in [1.54, 1.807) is 17.0 Å². The van der Waals surface area contributed by atoms with E-state index in [2.05, 4.69) is 4.72 Å². The number of fused-ring (bicyclic) bond motifs is 2. The van der Waals surface area contributed by atoms with Crippen molar-refractivity contribution in [1.29, 1.82) is 0 Å². The van der Waals surface area contributed by atoms with E-state index in [-0.39, 0.29) is 30.3 Å². The Hall–Kier alpha value is -4.18. The van der Waals surface area contributed by atoms with E-state index in [0.717, 1.165) is 22.5 Å². The maximum atomic E-state index is 13.6. The summed E-state index contributed by atoms with van der Waals surface area (Å²) in [6.45, 7) is 2.11. The smallest absolute Gasteiger partial charge is 0.240 e. The lowest BCUT2D eigenvalue weighted by atomic mass is 9.94. The number of carbonyl (C=O) groups is 1. The number of anilines is 2. The minimum atomic E-state index is -3.98. The number of amides is 1. The Kier molecular flexibility index (Phi) is 7.25. The van der Waals surface area contributed by atoms with Crippen LogP contribution in [0.1, 0.15) is 11.1 Å². The molecule has 41 heavy (non-hydrogen) atoms.